The van der Waals surface area contributed by atoms with Crippen LogP contribution in [0.3, 0.4) is 0 Å². The van der Waals surface area contributed by atoms with Crippen molar-refractivity contribution in [1.82, 2.24) is 0 Å². The smallest absolute Gasteiger partial charge is 0.144 e. The van der Waals surface area contributed by atoms with Crippen molar-refractivity contribution < 1.29 is 9.59 Å². The quantitative estimate of drug-likeness (QED) is 0.140. The van der Waals surface area contributed by atoms with Gasteiger partial charge in [-0.05, 0) is 142 Å². The summed E-state index contributed by atoms with van der Waals surface area (Å²) in [7, 11) is 0. The maximum atomic E-state index is 14.6. The molecule has 2 aromatic heterocycles. The number of rotatable bonds is 18. The summed E-state index contributed by atoms with van der Waals surface area (Å²) in [5.74, 6) is 6.39. The fourth-order valence-electron chi connectivity index (χ4n) is 11.8. The molecule has 0 aromatic carbocycles. The highest BCUT2D eigenvalue weighted by molar-refractivity contribution is 9.11. The van der Waals surface area contributed by atoms with Gasteiger partial charge in [0.1, 0.15) is 11.6 Å². The molecule has 6 rings (SSSR count). The second-order valence-corrected chi connectivity index (χ2v) is 22.0. The predicted octanol–water partition coefficient (Wildman–Crippen LogP) is 14.7. The van der Waals surface area contributed by atoms with Gasteiger partial charge < -0.3 is 0 Å². The Morgan fingerprint density at radius 3 is 1.34 bits per heavy atom. The molecule has 278 valence electrons. The lowest BCUT2D eigenvalue weighted by atomic mass is 9.49. The van der Waals surface area contributed by atoms with E-state index in [0.717, 1.165) is 45.1 Å². The van der Waals surface area contributed by atoms with Gasteiger partial charge in [-0.15, -0.1) is 22.7 Å². The second-order valence-electron chi connectivity index (χ2n) is 17.1. The van der Waals surface area contributed by atoms with Gasteiger partial charge in [-0.2, -0.15) is 0 Å². The standard InChI is InChI=1S/C44H64Br2O2S2/c1-5-9-11-13-15-27(7-3)21-29-31-23-36-34(26-38(44(36)48)40-18-20-42(46)50-40)30(22-28(8-4)16-14-12-10-6-2)32(31)24-35-33(29)25-37(43(35)47)39-17-19-41(45)49-39/h17-20,27-38H,5-16,21-26H2,1-4H3. The molecule has 0 N–H and O–H groups in total. The van der Waals surface area contributed by atoms with Gasteiger partial charge in [-0.1, -0.05) is 105 Å². The lowest BCUT2D eigenvalue weighted by molar-refractivity contribution is -0.134. The van der Waals surface area contributed by atoms with E-state index >= 15 is 0 Å². The van der Waals surface area contributed by atoms with Crippen molar-refractivity contribution in [2.45, 2.75) is 155 Å². The van der Waals surface area contributed by atoms with E-state index in [9.17, 15) is 9.59 Å². The van der Waals surface area contributed by atoms with Crippen molar-refractivity contribution in [3.63, 3.8) is 0 Å². The molecule has 0 amide bonds. The number of carbonyl (C=O) groups excluding carboxylic acids is 2. The van der Waals surface area contributed by atoms with Crippen molar-refractivity contribution in [3.05, 3.63) is 41.6 Å². The molecule has 12 atom stereocenters. The van der Waals surface area contributed by atoms with Gasteiger partial charge in [-0.25, -0.2) is 0 Å². The number of thiophene rings is 2. The molecule has 4 aliphatic carbocycles. The van der Waals surface area contributed by atoms with Crippen LogP contribution in [0.5, 0.6) is 0 Å². The van der Waals surface area contributed by atoms with E-state index in [-0.39, 0.29) is 23.7 Å². The lowest BCUT2D eigenvalue weighted by Gasteiger charge is -2.54. The molecule has 2 nitrogen and oxygen atoms in total. The number of unbranched alkanes of at least 4 members (excludes halogenated alkanes) is 6. The van der Waals surface area contributed by atoms with Crippen LogP contribution >= 0.6 is 54.5 Å². The third-order valence-electron chi connectivity index (χ3n) is 14.4. The fraction of sp³-hybridized carbons (Fsp3) is 0.773. The minimum atomic E-state index is 0.0665. The van der Waals surface area contributed by atoms with Crippen LogP contribution in [0, 0.1) is 59.2 Å². The molecule has 0 radical (unpaired) electrons. The molecule has 2 aromatic rings. The van der Waals surface area contributed by atoms with E-state index in [0.29, 0.717) is 47.1 Å². The molecular formula is C44H64Br2O2S2. The minimum absolute atomic E-state index is 0.0665. The van der Waals surface area contributed by atoms with Gasteiger partial charge in [0.2, 0.25) is 0 Å². The Labute approximate surface area is 329 Å². The minimum Gasteiger partial charge on any atom is -0.299 e. The van der Waals surface area contributed by atoms with Crippen LogP contribution in [0.15, 0.2) is 31.8 Å². The van der Waals surface area contributed by atoms with Crippen LogP contribution in [0.2, 0.25) is 0 Å². The number of ketones is 2. The zero-order valence-corrected chi connectivity index (χ0v) is 36.2. The highest BCUT2D eigenvalue weighted by Gasteiger charge is 2.61. The summed E-state index contributed by atoms with van der Waals surface area (Å²) in [4.78, 5) is 31.8. The number of Topliss-reactive ketones (excluding diaryl/α,β-unsaturated/α-hetero) is 2. The highest BCUT2D eigenvalue weighted by atomic mass is 79.9. The zero-order valence-electron chi connectivity index (χ0n) is 31.4. The summed E-state index contributed by atoms with van der Waals surface area (Å²) in [5.41, 5.74) is 0. The first-order chi connectivity index (χ1) is 24.3. The number of hydrogen-bond acceptors (Lipinski definition) is 4. The molecular weight excluding hydrogens is 784 g/mol. The predicted molar refractivity (Wildman–Crippen MR) is 220 cm³/mol. The first kappa shape index (κ1) is 39.4. The third kappa shape index (κ3) is 8.64. The first-order valence-electron chi connectivity index (χ1n) is 20.8. The third-order valence-corrected chi connectivity index (χ3v) is 17.9. The SMILES string of the molecule is CCCCCCC(CC)CC1C2CC(c3ccc(Br)s3)C(=O)C2CC2C(CC(CC)CCCCCC)C3CC(c4ccc(Br)s4)C(=O)C3CC12. The summed E-state index contributed by atoms with van der Waals surface area (Å²) >= 11 is 11.0. The zero-order chi connectivity index (χ0) is 35.4. The van der Waals surface area contributed by atoms with E-state index in [4.69, 9.17) is 0 Å². The van der Waals surface area contributed by atoms with Crippen LogP contribution in [-0.4, -0.2) is 11.6 Å². The molecule has 50 heavy (non-hydrogen) atoms. The van der Waals surface area contributed by atoms with Crippen LogP contribution in [-0.2, 0) is 9.59 Å². The summed E-state index contributed by atoms with van der Waals surface area (Å²) in [6.07, 6.45) is 22.6. The highest BCUT2D eigenvalue weighted by Crippen LogP contribution is 2.65. The van der Waals surface area contributed by atoms with Gasteiger partial charge in [0, 0.05) is 21.6 Å². The molecule has 0 saturated heterocycles. The molecule has 4 aliphatic rings. The Bertz CT molecular complexity index is 1290. The molecule has 4 saturated carbocycles. The Balaban J connectivity index is 1.34. The first-order valence-corrected chi connectivity index (χ1v) is 24.1. The van der Waals surface area contributed by atoms with Gasteiger partial charge in [0.15, 0.2) is 0 Å². The maximum Gasteiger partial charge on any atom is 0.144 e. The van der Waals surface area contributed by atoms with Crippen LogP contribution in [0.25, 0.3) is 0 Å². The van der Waals surface area contributed by atoms with Crippen LogP contribution in [0.4, 0.5) is 0 Å². The van der Waals surface area contributed by atoms with Gasteiger partial charge >= 0.3 is 0 Å². The maximum absolute atomic E-state index is 14.6. The molecule has 6 heteroatoms. The van der Waals surface area contributed by atoms with Crippen molar-refractivity contribution in [1.29, 1.82) is 0 Å². The average molecular weight is 849 g/mol. The van der Waals surface area contributed by atoms with Crippen molar-refractivity contribution in [2.75, 3.05) is 0 Å². The van der Waals surface area contributed by atoms with E-state index in [1.807, 2.05) is 0 Å². The Hall–Kier alpha value is -0.300. The summed E-state index contributed by atoms with van der Waals surface area (Å²) in [5, 5.41) is 0. The molecule has 2 heterocycles. The van der Waals surface area contributed by atoms with Gasteiger partial charge in [0.25, 0.3) is 0 Å². The molecule has 4 fully saturated rings. The van der Waals surface area contributed by atoms with Crippen molar-refractivity contribution in [2.24, 2.45) is 59.2 Å². The normalized spacial score (nSPS) is 33.3. The topological polar surface area (TPSA) is 34.1 Å². The average Bonchev–Trinajstić information content (AvgIpc) is 3.90. The van der Waals surface area contributed by atoms with E-state index in [2.05, 4.69) is 83.8 Å². The van der Waals surface area contributed by atoms with E-state index < -0.39 is 0 Å². The Morgan fingerprint density at radius 1 is 0.580 bits per heavy atom. The summed E-state index contributed by atoms with van der Waals surface area (Å²) in [6.45, 7) is 9.46. The van der Waals surface area contributed by atoms with Crippen LogP contribution < -0.4 is 0 Å². The number of hydrogen-bond donors (Lipinski definition) is 0. The summed E-state index contributed by atoms with van der Waals surface area (Å²) in [6, 6.07) is 8.73. The molecule has 0 bridgehead atoms. The van der Waals surface area contributed by atoms with E-state index in [1.54, 1.807) is 22.7 Å². The molecule has 0 aliphatic heterocycles. The monoisotopic (exact) mass is 846 g/mol. The largest absolute Gasteiger partial charge is 0.299 e. The fourth-order valence-corrected chi connectivity index (χ4v) is 14.9. The molecule has 12 unspecified atom stereocenters. The number of fused-ring (bicyclic) bond motifs is 3. The summed E-state index contributed by atoms with van der Waals surface area (Å²) < 4.78 is 2.28. The Kier molecular flexibility index (Phi) is 14.5. The second kappa shape index (κ2) is 18.4. The van der Waals surface area contributed by atoms with Gasteiger partial charge in [0.05, 0.1) is 19.4 Å². The lowest BCUT2D eigenvalue weighted by Crippen LogP contribution is -2.50. The number of halogens is 2. The Morgan fingerprint density at radius 2 is 1.00 bits per heavy atom. The van der Waals surface area contributed by atoms with E-state index in [1.165, 1.54) is 99.6 Å². The van der Waals surface area contributed by atoms with Gasteiger partial charge in [-0.3, -0.25) is 9.59 Å². The van der Waals surface area contributed by atoms with Crippen molar-refractivity contribution in [3.8, 4) is 0 Å². The van der Waals surface area contributed by atoms with Crippen molar-refractivity contribution >= 4 is 66.1 Å². The van der Waals surface area contributed by atoms with Crippen LogP contribution in [0.1, 0.15) is 165 Å². The number of carbonyl (C=O) groups is 2. The molecule has 0 spiro atoms.